The number of fused-ring (bicyclic) bond motifs is 3. The van der Waals surface area contributed by atoms with Gasteiger partial charge in [-0.15, -0.1) is 0 Å². The summed E-state index contributed by atoms with van der Waals surface area (Å²) in [6.45, 7) is 6.63. The Morgan fingerprint density at radius 1 is 0.684 bits per heavy atom. The number of benzene rings is 4. The monoisotopic (exact) mass is 496 g/mol. The third-order valence-electron chi connectivity index (χ3n) is 6.85. The molecule has 4 nitrogen and oxygen atoms in total. The number of pyridine rings is 1. The minimum absolute atomic E-state index is 0.00687. The van der Waals surface area contributed by atoms with Gasteiger partial charge >= 0.3 is 0 Å². The standard InChI is InChI=1S/C34H28N2O2/c1-34(2,3)25-18-19-35-32(21-25)36-30-15-8-7-14-28(30)29-17-16-27(22-31(29)36)38-26-13-9-12-24(20-26)33(37)23-10-5-4-6-11-23/h4-22H,1-3H3. The smallest absolute Gasteiger partial charge is 0.193 e. The van der Waals surface area contributed by atoms with Crippen LogP contribution in [-0.2, 0) is 5.41 Å². The molecule has 0 radical (unpaired) electrons. The molecule has 0 saturated carbocycles. The first kappa shape index (κ1) is 23.7. The van der Waals surface area contributed by atoms with E-state index in [1.54, 1.807) is 6.07 Å². The number of ketones is 1. The quantitative estimate of drug-likeness (QED) is 0.225. The van der Waals surface area contributed by atoms with Crippen molar-refractivity contribution < 1.29 is 9.53 Å². The number of hydrogen-bond acceptors (Lipinski definition) is 3. The average Bonchev–Trinajstić information content (AvgIpc) is 3.26. The normalized spacial score (nSPS) is 11.7. The van der Waals surface area contributed by atoms with Gasteiger partial charge in [0.2, 0.25) is 0 Å². The van der Waals surface area contributed by atoms with Crippen LogP contribution < -0.4 is 4.74 Å². The van der Waals surface area contributed by atoms with Gasteiger partial charge in [0, 0.05) is 34.2 Å². The van der Waals surface area contributed by atoms with Crippen LogP contribution in [0.4, 0.5) is 0 Å². The summed E-state index contributed by atoms with van der Waals surface area (Å²) in [4.78, 5) is 17.7. The maximum atomic E-state index is 13.0. The number of carbonyl (C=O) groups excluding carboxylic acids is 1. The number of aromatic nitrogens is 2. The van der Waals surface area contributed by atoms with Crippen molar-refractivity contribution in [2.24, 2.45) is 0 Å². The van der Waals surface area contributed by atoms with E-state index in [4.69, 9.17) is 9.72 Å². The van der Waals surface area contributed by atoms with Gasteiger partial charge in [-0.1, -0.05) is 81.4 Å². The fraction of sp³-hybridized carbons (Fsp3) is 0.118. The zero-order chi connectivity index (χ0) is 26.3. The second-order valence-corrected chi connectivity index (χ2v) is 10.5. The zero-order valence-electron chi connectivity index (χ0n) is 21.7. The van der Waals surface area contributed by atoms with E-state index in [0.717, 1.165) is 27.6 Å². The highest BCUT2D eigenvalue weighted by atomic mass is 16.5. The molecule has 186 valence electrons. The summed E-state index contributed by atoms with van der Waals surface area (Å²) in [6.07, 6.45) is 1.88. The summed E-state index contributed by atoms with van der Waals surface area (Å²) < 4.78 is 8.49. The van der Waals surface area contributed by atoms with E-state index in [1.165, 1.54) is 5.56 Å². The first-order valence-electron chi connectivity index (χ1n) is 12.8. The second kappa shape index (κ2) is 9.31. The predicted octanol–water partition coefficient (Wildman–Crippen LogP) is 8.50. The Morgan fingerprint density at radius 3 is 2.21 bits per heavy atom. The van der Waals surface area contributed by atoms with E-state index in [0.29, 0.717) is 22.6 Å². The van der Waals surface area contributed by atoms with E-state index in [2.05, 4.69) is 67.8 Å². The molecule has 4 heteroatoms. The largest absolute Gasteiger partial charge is 0.457 e. The molecule has 6 aromatic rings. The van der Waals surface area contributed by atoms with Gasteiger partial charge in [-0.05, 0) is 53.4 Å². The molecule has 0 unspecified atom stereocenters. The van der Waals surface area contributed by atoms with Crippen molar-refractivity contribution in [3.05, 3.63) is 132 Å². The number of hydrogen-bond donors (Lipinski definition) is 0. The van der Waals surface area contributed by atoms with E-state index >= 15 is 0 Å². The Kier molecular flexibility index (Phi) is 5.80. The molecule has 0 amide bonds. The summed E-state index contributed by atoms with van der Waals surface area (Å²) in [5.41, 5.74) is 4.58. The first-order valence-corrected chi connectivity index (χ1v) is 12.8. The third kappa shape index (κ3) is 4.35. The summed E-state index contributed by atoms with van der Waals surface area (Å²) in [7, 11) is 0. The molecule has 2 heterocycles. The van der Waals surface area contributed by atoms with Crippen LogP contribution in [0.1, 0.15) is 42.3 Å². The molecule has 0 N–H and O–H groups in total. The molecule has 4 aromatic carbocycles. The molecule has 0 saturated heterocycles. The lowest BCUT2D eigenvalue weighted by atomic mass is 9.88. The molecule has 6 rings (SSSR count). The highest BCUT2D eigenvalue weighted by Crippen LogP contribution is 2.35. The molecule has 0 aliphatic rings. The molecule has 0 spiro atoms. The van der Waals surface area contributed by atoms with E-state index in [1.807, 2.05) is 66.9 Å². The Bertz CT molecular complexity index is 1790. The number of para-hydroxylation sites is 1. The minimum Gasteiger partial charge on any atom is -0.457 e. The zero-order valence-corrected chi connectivity index (χ0v) is 21.7. The van der Waals surface area contributed by atoms with Gasteiger partial charge in [0.25, 0.3) is 0 Å². The lowest BCUT2D eigenvalue weighted by Gasteiger charge is -2.20. The fourth-order valence-electron chi connectivity index (χ4n) is 4.86. The topological polar surface area (TPSA) is 44.1 Å². The minimum atomic E-state index is -0.0311. The van der Waals surface area contributed by atoms with Gasteiger partial charge in [0.1, 0.15) is 17.3 Å². The van der Waals surface area contributed by atoms with Gasteiger partial charge in [0.05, 0.1) is 11.0 Å². The summed E-state index contributed by atoms with van der Waals surface area (Å²) in [6, 6.07) is 35.4. The second-order valence-electron chi connectivity index (χ2n) is 10.5. The van der Waals surface area contributed by atoms with Crippen LogP contribution in [0.5, 0.6) is 11.5 Å². The average molecular weight is 497 g/mol. The van der Waals surface area contributed by atoms with Gasteiger partial charge < -0.3 is 4.74 Å². The number of ether oxygens (including phenoxy) is 1. The molecule has 0 atom stereocenters. The molecular weight excluding hydrogens is 468 g/mol. The molecule has 38 heavy (non-hydrogen) atoms. The van der Waals surface area contributed by atoms with Crippen LogP contribution in [0, 0.1) is 0 Å². The van der Waals surface area contributed by atoms with Gasteiger partial charge in [-0.25, -0.2) is 4.98 Å². The summed E-state index contributed by atoms with van der Waals surface area (Å²) in [5.74, 6) is 2.15. The number of carbonyl (C=O) groups is 1. The van der Waals surface area contributed by atoms with Crippen LogP contribution in [0.25, 0.3) is 27.6 Å². The Labute approximate surface area is 222 Å². The van der Waals surface area contributed by atoms with Crippen molar-refractivity contribution in [1.29, 1.82) is 0 Å². The van der Waals surface area contributed by atoms with E-state index < -0.39 is 0 Å². The highest BCUT2D eigenvalue weighted by Gasteiger charge is 2.18. The van der Waals surface area contributed by atoms with Crippen LogP contribution in [0.15, 0.2) is 115 Å². The molecule has 2 aromatic heterocycles. The maximum absolute atomic E-state index is 13.0. The first-order chi connectivity index (χ1) is 18.4. The molecule has 0 fully saturated rings. The Hall–Kier alpha value is -4.70. The molecule has 0 bridgehead atoms. The van der Waals surface area contributed by atoms with Crippen LogP contribution in [0.3, 0.4) is 0 Å². The SMILES string of the molecule is CC(C)(C)c1ccnc(-n2c3ccccc3c3ccc(Oc4cccc(C(=O)c5ccccc5)c4)cc32)c1. The van der Waals surface area contributed by atoms with Crippen molar-refractivity contribution >= 4 is 27.6 Å². The lowest BCUT2D eigenvalue weighted by Crippen LogP contribution is -2.12. The van der Waals surface area contributed by atoms with Crippen molar-refractivity contribution in [3.63, 3.8) is 0 Å². The van der Waals surface area contributed by atoms with Crippen molar-refractivity contribution in [3.8, 4) is 17.3 Å². The predicted molar refractivity (Wildman–Crippen MR) is 154 cm³/mol. The highest BCUT2D eigenvalue weighted by molar-refractivity contribution is 6.10. The summed E-state index contributed by atoms with van der Waals surface area (Å²) in [5, 5.41) is 2.29. The molecule has 0 aliphatic carbocycles. The number of nitrogens with zero attached hydrogens (tertiary/aromatic N) is 2. The van der Waals surface area contributed by atoms with Gasteiger partial charge in [0.15, 0.2) is 5.78 Å². The van der Waals surface area contributed by atoms with Crippen LogP contribution >= 0.6 is 0 Å². The van der Waals surface area contributed by atoms with Gasteiger partial charge in [-0.3, -0.25) is 9.36 Å². The molecule has 0 aliphatic heterocycles. The van der Waals surface area contributed by atoms with Crippen molar-refractivity contribution in [2.45, 2.75) is 26.2 Å². The van der Waals surface area contributed by atoms with E-state index in [-0.39, 0.29) is 11.2 Å². The van der Waals surface area contributed by atoms with Crippen LogP contribution in [0.2, 0.25) is 0 Å². The fourth-order valence-corrected chi connectivity index (χ4v) is 4.86. The van der Waals surface area contributed by atoms with Crippen molar-refractivity contribution in [1.82, 2.24) is 9.55 Å². The lowest BCUT2D eigenvalue weighted by molar-refractivity contribution is 0.103. The maximum Gasteiger partial charge on any atom is 0.193 e. The number of rotatable bonds is 5. The molecular formula is C34H28N2O2. The van der Waals surface area contributed by atoms with Gasteiger partial charge in [-0.2, -0.15) is 0 Å². The van der Waals surface area contributed by atoms with Crippen LogP contribution in [-0.4, -0.2) is 15.3 Å². The third-order valence-corrected chi connectivity index (χ3v) is 6.85. The van der Waals surface area contributed by atoms with Crippen molar-refractivity contribution in [2.75, 3.05) is 0 Å². The summed E-state index contributed by atoms with van der Waals surface area (Å²) >= 11 is 0. The Morgan fingerprint density at radius 2 is 1.39 bits per heavy atom. The Balaban J connectivity index is 1.43. The van der Waals surface area contributed by atoms with E-state index in [9.17, 15) is 4.79 Å².